The normalized spacial score (nSPS) is 10.1. The first-order valence-electron chi connectivity index (χ1n) is 5.78. The molecule has 0 atom stereocenters. The van der Waals surface area contributed by atoms with Crippen LogP contribution in [0.15, 0.2) is 0 Å². The van der Waals surface area contributed by atoms with Crippen molar-refractivity contribution in [1.29, 1.82) is 5.26 Å². The van der Waals surface area contributed by atoms with Gasteiger partial charge in [0, 0.05) is 25.1 Å². The molecule has 0 aliphatic heterocycles. The van der Waals surface area contributed by atoms with Gasteiger partial charge in [0.2, 0.25) is 0 Å². The lowest BCUT2D eigenvalue weighted by Crippen LogP contribution is -2.26. The highest BCUT2D eigenvalue weighted by Gasteiger charge is 2.13. The molecule has 0 bridgehead atoms. The van der Waals surface area contributed by atoms with Gasteiger partial charge in [0.15, 0.2) is 0 Å². The molecule has 0 unspecified atom stereocenters. The molecule has 0 aliphatic carbocycles. The van der Waals surface area contributed by atoms with Crippen LogP contribution in [0.2, 0.25) is 5.15 Å². The maximum Gasteiger partial charge on any atom is 0.137 e. The molecule has 0 spiro atoms. The molecule has 1 aromatic rings. The van der Waals surface area contributed by atoms with Gasteiger partial charge in [-0.25, -0.2) is 9.97 Å². The van der Waals surface area contributed by atoms with E-state index in [1.165, 1.54) is 0 Å². The Morgan fingerprint density at radius 3 is 2.59 bits per heavy atom. The summed E-state index contributed by atoms with van der Waals surface area (Å²) in [7, 11) is 0. The Labute approximate surface area is 107 Å². The molecule has 0 amide bonds. The Morgan fingerprint density at radius 2 is 2.06 bits per heavy atom. The van der Waals surface area contributed by atoms with Crippen molar-refractivity contribution in [3.05, 3.63) is 16.5 Å². The molecular formula is C12H17ClN4. The molecule has 0 saturated carbocycles. The van der Waals surface area contributed by atoms with Gasteiger partial charge in [-0.3, -0.25) is 0 Å². The molecule has 0 aliphatic rings. The van der Waals surface area contributed by atoms with Crippen molar-refractivity contribution in [3.8, 4) is 6.07 Å². The third kappa shape index (κ3) is 3.31. The fraction of sp³-hybridized carbons (Fsp3) is 0.583. The molecule has 17 heavy (non-hydrogen) atoms. The standard InChI is InChI=1S/C12H17ClN4/c1-4-10-15-11(13)9(3)12(16-10)17(5-2)8-6-7-14/h4-6,8H2,1-3H3. The summed E-state index contributed by atoms with van der Waals surface area (Å²) in [5.74, 6) is 1.59. The zero-order valence-corrected chi connectivity index (χ0v) is 11.3. The summed E-state index contributed by atoms with van der Waals surface area (Å²) >= 11 is 6.09. The van der Waals surface area contributed by atoms with Crippen LogP contribution in [-0.2, 0) is 6.42 Å². The highest BCUT2D eigenvalue weighted by atomic mass is 35.5. The molecule has 4 nitrogen and oxygen atoms in total. The zero-order chi connectivity index (χ0) is 12.8. The molecule has 0 saturated heterocycles. The summed E-state index contributed by atoms with van der Waals surface area (Å²) in [6.45, 7) is 7.42. The van der Waals surface area contributed by atoms with E-state index in [0.717, 1.165) is 30.2 Å². The SMILES string of the molecule is CCc1nc(Cl)c(C)c(N(CC)CCC#N)n1. The summed E-state index contributed by atoms with van der Waals surface area (Å²) < 4.78 is 0. The van der Waals surface area contributed by atoms with Gasteiger partial charge in [0.1, 0.15) is 16.8 Å². The Morgan fingerprint density at radius 1 is 1.35 bits per heavy atom. The van der Waals surface area contributed by atoms with Crippen molar-refractivity contribution in [1.82, 2.24) is 9.97 Å². The maximum absolute atomic E-state index is 8.65. The van der Waals surface area contributed by atoms with E-state index in [0.29, 0.717) is 18.1 Å². The molecule has 0 fully saturated rings. The molecular weight excluding hydrogens is 236 g/mol. The number of nitrogens with zero attached hydrogens (tertiary/aromatic N) is 4. The summed E-state index contributed by atoms with van der Waals surface area (Å²) in [5, 5.41) is 9.15. The van der Waals surface area contributed by atoms with Crippen molar-refractivity contribution >= 4 is 17.4 Å². The number of hydrogen-bond donors (Lipinski definition) is 0. The van der Waals surface area contributed by atoms with Crippen molar-refractivity contribution < 1.29 is 0 Å². The monoisotopic (exact) mass is 252 g/mol. The quantitative estimate of drug-likeness (QED) is 0.756. The van der Waals surface area contributed by atoms with E-state index in [1.807, 2.05) is 20.8 Å². The maximum atomic E-state index is 8.65. The third-order valence-electron chi connectivity index (χ3n) is 2.60. The van der Waals surface area contributed by atoms with E-state index in [4.69, 9.17) is 16.9 Å². The van der Waals surface area contributed by atoms with Crippen LogP contribution in [0.1, 0.15) is 31.7 Å². The van der Waals surface area contributed by atoms with E-state index in [-0.39, 0.29) is 0 Å². The van der Waals surface area contributed by atoms with Gasteiger partial charge in [-0.2, -0.15) is 5.26 Å². The highest BCUT2D eigenvalue weighted by Crippen LogP contribution is 2.23. The Kier molecular flexibility index (Phi) is 5.17. The summed E-state index contributed by atoms with van der Waals surface area (Å²) in [6, 6.07) is 2.15. The second-order valence-corrected chi connectivity index (χ2v) is 4.08. The number of hydrogen-bond acceptors (Lipinski definition) is 4. The van der Waals surface area contributed by atoms with Crippen molar-refractivity contribution in [2.75, 3.05) is 18.0 Å². The van der Waals surface area contributed by atoms with Crippen LogP contribution >= 0.6 is 11.6 Å². The second kappa shape index (κ2) is 6.41. The van der Waals surface area contributed by atoms with E-state index in [9.17, 15) is 0 Å². The van der Waals surface area contributed by atoms with Gasteiger partial charge >= 0.3 is 0 Å². The minimum absolute atomic E-state index is 0.483. The molecule has 1 rings (SSSR count). The van der Waals surface area contributed by atoms with E-state index >= 15 is 0 Å². The predicted octanol–water partition coefficient (Wildman–Crippen LogP) is 2.74. The van der Waals surface area contributed by atoms with E-state index in [2.05, 4.69) is 20.9 Å². The fourth-order valence-corrected chi connectivity index (χ4v) is 1.77. The van der Waals surface area contributed by atoms with Gasteiger partial charge in [-0.1, -0.05) is 18.5 Å². The molecule has 0 aromatic carbocycles. The van der Waals surface area contributed by atoms with Gasteiger partial charge in [-0.15, -0.1) is 0 Å². The van der Waals surface area contributed by atoms with Gasteiger partial charge in [0.05, 0.1) is 12.5 Å². The topological polar surface area (TPSA) is 52.8 Å². The van der Waals surface area contributed by atoms with E-state index < -0.39 is 0 Å². The predicted molar refractivity (Wildman–Crippen MR) is 69.3 cm³/mol. The number of nitriles is 1. The minimum Gasteiger partial charge on any atom is -0.355 e. The van der Waals surface area contributed by atoms with Crippen molar-refractivity contribution in [3.63, 3.8) is 0 Å². The molecule has 5 heteroatoms. The van der Waals surface area contributed by atoms with Crippen LogP contribution < -0.4 is 4.90 Å². The molecule has 1 aromatic heterocycles. The molecule has 0 N–H and O–H groups in total. The molecule has 92 valence electrons. The minimum atomic E-state index is 0.483. The smallest absolute Gasteiger partial charge is 0.137 e. The van der Waals surface area contributed by atoms with Crippen LogP contribution in [0.25, 0.3) is 0 Å². The fourth-order valence-electron chi connectivity index (χ4n) is 1.59. The van der Waals surface area contributed by atoms with Gasteiger partial charge in [-0.05, 0) is 13.8 Å². The van der Waals surface area contributed by atoms with Crippen LogP contribution in [-0.4, -0.2) is 23.1 Å². The average Bonchev–Trinajstić information content (AvgIpc) is 2.34. The summed E-state index contributed by atoms with van der Waals surface area (Å²) in [5.41, 5.74) is 0.878. The van der Waals surface area contributed by atoms with Crippen LogP contribution in [0.3, 0.4) is 0 Å². The number of anilines is 1. The Balaban J connectivity index is 3.09. The zero-order valence-electron chi connectivity index (χ0n) is 10.5. The Hall–Kier alpha value is -1.34. The largest absolute Gasteiger partial charge is 0.355 e. The molecule has 0 radical (unpaired) electrons. The lowest BCUT2D eigenvalue weighted by molar-refractivity contribution is 0.789. The average molecular weight is 253 g/mol. The number of rotatable bonds is 5. The van der Waals surface area contributed by atoms with Crippen molar-refractivity contribution in [2.45, 2.75) is 33.6 Å². The van der Waals surface area contributed by atoms with Crippen molar-refractivity contribution in [2.24, 2.45) is 0 Å². The van der Waals surface area contributed by atoms with Gasteiger partial charge in [0.25, 0.3) is 0 Å². The van der Waals surface area contributed by atoms with Crippen LogP contribution in [0.5, 0.6) is 0 Å². The lowest BCUT2D eigenvalue weighted by atomic mass is 10.3. The number of halogens is 1. The lowest BCUT2D eigenvalue weighted by Gasteiger charge is -2.23. The molecule has 1 heterocycles. The third-order valence-corrected chi connectivity index (χ3v) is 2.97. The highest BCUT2D eigenvalue weighted by molar-refractivity contribution is 6.30. The Bertz CT molecular complexity index is 425. The van der Waals surface area contributed by atoms with E-state index in [1.54, 1.807) is 0 Å². The number of aromatic nitrogens is 2. The van der Waals surface area contributed by atoms with Crippen LogP contribution in [0.4, 0.5) is 5.82 Å². The second-order valence-electron chi connectivity index (χ2n) is 3.72. The first-order chi connectivity index (χ1) is 8.13. The summed E-state index contributed by atoms with van der Waals surface area (Å²) in [6.07, 6.45) is 1.24. The first kappa shape index (κ1) is 13.7. The van der Waals surface area contributed by atoms with Crippen LogP contribution in [0, 0.1) is 18.3 Å². The summed E-state index contributed by atoms with van der Waals surface area (Å²) in [4.78, 5) is 10.8. The van der Waals surface area contributed by atoms with Gasteiger partial charge < -0.3 is 4.90 Å². The first-order valence-corrected chi connectivity index (χ1v) is 6.16. The number of aryl methyl sites for hydroxylation is 1.